The monoisotopic (exact) mass is 475 g/mol. The highest BCUT2D eigenvalue weighted by molar-refractivity contribution is 7.88. The summed E-state index contributed by atoms with van der Waals surface area (Å²) in [7, 11) is -3.35. The Balaban J connectivity index is 1.61. The van der Waals surface area contributed by atoms with E-state index >= 15 is 0 Å². The van der Waals surface area contributed by atoms with E-state index in [1.54, 1.807) is 24.1 Å². The first kappa shape index (κ1) is 23.8. The Kier molecular flexibility index (Phi) is 6.33. The number of sulfonamides is 1. The van der Waals surface area contributed by atoms with Gasteiger partial charge in [0.2, 0.25) is 10.0 Å². The molecule has 3 atom stereocenters. The number of allylic oxidation sites excluding steroid dienone is 3. The number of piperazine rings is 1. The Morgan fingerprint density at radius 3 is 2.55 bits per heavy atom. The minimum Gasteiger partial charge on any atom is -0.336 e. The van der Waals surface area contributed by atoms with Crippen molar-refractivity contribution < 1.29 is 17.6 Å². The number of carbonyl (C=O) groups excluding carboxylic acids is 1. The Morgan fingerprint density at radius 2 is 1.94 bits per heavy atom. The molecule has 0 bridgehead atoms. The molecule has 10 heteroatoms. The van der Waals surface area contributed by atoms with E-state index in [2.05, 4.69) is 16.0 Å². The van der Waals surface area contributed by atoms with Gasteiger partial charge in [0.15, 0.2) is 0 Å². The molecule has 1 aliphatic carbocycles. The molecular formula is C23H30FN5O3S. The highest BCUT2D eigenvalue weighted by atomic mass is 32.2. The normalized spacial score (nSPS) is 30.6. The Hall–Kier alpha value is -2.35. The minimum atomic E-state index is -3.35. The largest absolute Gasteiger partial charge is 0.336 e. The highest BCUT2D eigenvalue weighted by Crippen LogP contribution is 2.37. The van der Waals surface area contributed by atoms with E-state index < -0.39 is 15.4 Å². The third-order valence-corrected chi connectivity index (χ3v) is 8.59. The van der Waals surface area contributed by atoms with Gasteiger partial charge in [0.1, 0.15) is 5.83 Å². The lowest BCUT2D eigenvalue weighted by Crippen LogP contribution is -2.58. The first-order valence-corrected chi connectivity index (χ1v) is 13.1. The maximum Gasteiger partial charge on any atom is 0.253 e. The molecule has 33 heavy (non-hydrogen) atoms. The van der Waals surface area contributed by atoms with Gasteiger partial charge in [-0.05, 0) is 44.9 Å². The lowest BCUT2D eigenvalue weighted by molar-refractivity contribution is -0.130. The molecule has 178 valence electrons. The smallest absolute Gasteiger partial charge is 0.253 e. The molecular weight excluding hydrogens is 445 g/mol. The van der Waals surface area contributed by atoms with Crippen LogP contribution in [-0.4, -0.2) is 85.2 Å². The molecule has 8 nitrogen and oxygen atoms in total. The van der Waals surface area contributed by atoms with E-state index in [0.717, 1.165) is 0 Å². The molecule has 4 aliphatic rings. The number of nitriles is 1. The molecule has 0 aromatic rings. The van der Waals surface area contributed by atoms with E-state index in [4.69, 9.17) is 0 Å². The van der Waals surface area contributed by atoms with Crippen LogP contribution in [0.15, 0.2) is 40.8 Å². The third kappa shape index (κ3) is 4.67. The number of fused-ring (bicyclic) bond motifs is 1. The zero-order chi connectivity index (χ0) is 24.0. The SMILES string of the molecule is C[C@H]1CN(C(=O)C2=CN=C3C=CC(F)=CC3C2N2CCC(C)(C#N)CC2)CCN1S(C)(=O)=O. The molecule has 0 aromatic carbocycles. The van der Waals surface area contributed by atoms with Gasteiger partial charge in [-0.1, -0.05) is 0 Å². The topological polar surface area (TPSA) is 97.1 Å². The van der Waals surface area contributed by atoms with Crippen molar-refractivity contribution in [2.24, 2.45) is 16.3 Å². The first-order chi connectivity index (χ1) is 15.5. The van der Waals surface area contributed by atoms with Crippen molar-refractivity contribution in [1.29, 1.82) is 5.26 Å². The molecule has 3 aliphatic heterocycles. The molecule has 0 spiro atoms. The second-order valence-electron chi connectivity index (χ2n) is 9.68. The number of hydrogen-bond acceptors (Lipinski definition) is 6. The van der Waals surface area contributed by atoms with Crippen LogP contribution in [-0.2, 0) is 14.8 Å². The molecule has 0 N–H and O–H groups in total. The van der Waals surface area contributed by atoms with Gasteiger partial charge >= 0.3 is 0 Å². The Bertz CT molecular complexity index is 1100. The van der Waals surface area contributed by atoms with Crippen molar-refractivity contribution in [2.75, 3.05) is 39.0 Å². The van der Waals surface area contributed by atoms with E-state index in [-0.39, 0.29) is 49.4 Å². The van der Waals surface area contributed by atoms with Gasteiger partial charge in [0.05, 0.1) is 29.4 Å². The van der Waals surface area contributed by atoms with Crippen molar-refractivity contribution >= 4 is 21.6 Å². The van der Waals surface area contributed by atoms with Crippen molar-refractivity contribution in [3.63, 3.8) is 0 Å². The van der Waals surface area contributed by atoms with Gasteiger partial charge in [-0.15, -0.1) is 0 Å². The standard InChI is InChI=1S/C23H30FN5O3S/c1-16-14-28(10-11-29(16)33(3,31)32)22(30)19-13-26-20-5-4-17(24)12-18(20)21(19)27-8-6-23(2,15-25)7-9-27/h4-5,12-13,16,18,21H,6-11,14H2,1-3H3/t16-,18?,21?/m0/s1. The third-order valence-electron chi connectivity index (χ3n) is 7.20. The summed E-state index contributed by atoms with van der Waals surface area (Å²) in [6, 6.07) is 1.68. The molecule has 0 saturated carbocycles. The number of piperidine rings is 1. The van der Waals surface area contributed by atoms with Crippen molar-refractivity contribution in [1.82, 2.24) is 14.1 Å². The van der Waals surface area contributed by atoms with Gasteiger partial charge in [0.25, 0.3) is 5.91 Å². The quantitative estimate of drug-likeness (QED) is 0.621. The van der Waals surface area contributed by atoms with Crippen molar-refractivity contribution in [3.05, 3.63) is 35.8 Å². The van der Waals surface area contributed by atoms with E-state index in [1.165, 1.54) is 22.7 Å². The summed E-state index contributed by atoms with van der Waals surface area (Å²) in [5.41, 5.74) is 0.798. The van der Waals surface area contributed by atoms with Gasteiger partial charge in [-0.2, -0.15) is 9.57 Å². The van der Waals surface area contributed by atoms with Gasteiger partial charge in [0, 0.05) is 56.6 Å². The van der Waals surface area contributed by atoms with Crippen LogP contribution in [0.4, 0.5) is 4.39 Å². The number of nitrogens with zero attached hydrogens (tertiary/aromatic N) is 5. The van der Waals surface area contributed by atoms with E-state index in [0.29, 0.717) is 37.2 Å². The molecule has 3 heterocycles. The lowest BCUT2D eigenvalue weighted by atomic mass is 9.78. The van der Waals surface area contributed by atoms with Crippen LogP contribution in [0, 0.1) is 22.7 Å². The Labute approximate surface area is 194 Å². The molecule has 1 amide bonds. The summed E-state index contributed by atoms with van der Waals surface area (Å²) >= 11 is 0. The summed E-state index contributed by atoms with van der Waals surface area (Å²) in [4.78, 5) is 22.0. The number of aliphatic imine (C=N–C) groups is 1. The number of halogens is 1. The van der Waals surface area contributed by atoms with Gasteiger partial charge in [-0.3, -0.25) is 14.7 Å². The molecule has 2 unspecified atom stereocenters. The molecule has 2 fully saturated rings. The fourth-order valence-electron chi connectivity index (χ4n) is 5.20. The van der Waals surface area contributed by atoms with Crippen LogP contribution in [0.25, 0.3) is 0 Å². The number of amides is 1. The van der Waals surface area contributed by atoms with Gasteiger partial charge < -0.3 is 4.90 Å². The average molecular weight is 476 g/mol. The van der Waals surface area contributed by atoms with Crippen LogP contribution < -0.4 is 0 Å². The summed E-state index contributed by atoms with van der Waals surface area (Å²) < 4.78 is 39.7. The predicted molar refractivity (Wildman–Crippen MR) is 123 cm³/mol. The number of hydrogen-bond donors (Lipinski definition) is 0. The number of carbonyl (C=O) groups is 1. The summed E-state index contributed by atoms with van der Waals surface area (Å²) in [5.74, 6) is -0.938. The highest BCUT2D eigenvalue weighted by Gasteiger charge is 2.43. The Morgan fingerprint density at radius 1 is 1.24 bits per heavy atom. The van der Waals surface area contributed by atoms with Crippen molar-refractivity contribution in [3.8, 4) is 6.07 Å². The maximum absolute atomic E-state index is 14.2. The first-order valence-electron chi connectivity index (χ1n) is 11.3. The average Bonchev–Trinajstić information content (AvgIpc) is 2.77. The predicted octanol–water partition coefficient (Wildman–Crippen LogP) is 1.85. The summed E-state index contributed by atoms with van der Waals surface area (Å²) in [6.07, 6.45) is 8.67. The zero-order valence-electron chi connectivity index (χ0n) is 19.2. The zero-order valence-corrected chi connectivity index (χ0v) is 20.1. The molecule has 4 rings (SSSR count). The molecule has 2 saturated heterocycles. The second-order valence-corrected chi connectivity index (χ2v) is 11.6. The summed E-state index contributed by atoms with van der Waals surface area (Å²) in [6.45, 7) is 5.81. The van der Waals surface area contributed by atoms with Crippen molar-refractivity contribution in [2.45, 2.75) is 38.8 Å². The van der Waals surface area contributed by atoms with E-state index in [9.17, 15) is 22.9 Å². The van der Waals surface area contributed by atoms with E-state index in [1.807, 2.05) is 6.92 Å². The fourth-order valence-corrected chi connectivity index (χ4v) is 6.33. The number of rotatable bonds is 3. The summed E-state index contributed by atoms with van der Waals surface area (Å²) in [5, 5.41) is 9.51. The molecule has 0 aromatic heterocycles. The van der Waals surface area contributed by atoms with Gasteiger partial charge in [-0.25, -0.2) is 12.8 Å². The van der Waals surface area contributed by atoms with Crippen LogP contribution in [0.5, 0.6) is 0 Å². The lowest BCUT2D eigenvalue weighted by Gasteiger charge is -2.45. The van der Waals surface area contributed by atoms with Crippen LogP contribution in [0.2, 0.25) is 0 Å². The minimum absolute atomic E-state index is 0.195. The van der Waals surface area contributed by atoms with Crippen LogP contribution >= 0.6 is 0 Å². The fraction of sp³-hybridized carbons (Fsp3) is 0.609. The second kappa shape index (κ2) is 8.78. The molecule has 0 radical (unpaired) electrons. The van der Waals surface area contributed by atoms with Crippen LogP contribution in [0.3, 0.4) is 0 Å². The van der Waals surface area contributed by atoms with Crippen LogP contribution in [0.1, 0.15) is 26.7 Å². The maximum atomic E-state index is 14.2. The number of likely N-dealkylation sites (tertiary alicyclic amines) is 1.